The molecule has 0 aliphatic rings. The van der Waals surface area contributed by atoms with Gasteiger partial charge in [0.05, 0.1) is 27.8 Å². The van der Waals surface area contributed by atoms with Crippen molar-refractivity contribution in [1.29, 1.82) is 10.5 Å². The summed E-state index contributed by atoms with van der Waals surface area (Å²) in [6.45, 7) is 8.00. The maximum atomic E-state index is 9.78. The van der Waals surface area contributed by atoms with E-state index in [9.17, 15) is 10.5 Å². The molecule has 0 amide bonds. The van der Waals surface area contributed by atoms with Gasteiger partial charge in [0.25, 0.3) is 0 Å². The van der Waals surface area contributed by atoms with Crippen LogP contribution >= 0.6 is 11.3 Å². The van der Waals surface area contributed by atoms with Crippen molar-refractivity contribution in [3.8, 4) is 17.8 Å². The summed E-state index contributed by atoms with van der Waals surface area (Å²) in [6.07, 6.45) is 0. The third-order valence-corrected chi connectivity index (χ3v) is 6.81. The molecular formula is C30H25N3S. The molecule has 0 saturated heterocycles. The van der Waals surface area contributed by atoms with Crippen molar-refractivity contribution in [3.63, 3.8) is 0 Å². The SMILES string of the molecule is CC.CC.N#Cc1cccc(C#N)c1-n1c2ccccc2c2cc3c(cc21)sc1ccccc13. The van der Waals surface area contributed by atoms with Gasteiger partial charge >= 0.3 is 0 Å². The quantitative estimate of drug-likeness (QED) is 0.246. The first-order valence-electron chi connectivity index (χ1n) is 11.6. The number of benzene rings is 4. The molecule has 166 valence electrons. The monoisotopic (exact) mass is 459 g/mol. The molecule has 6 rings (SSSR count). The van der Waals surface area contributed by atoms with Crippen LogP contribution in [0.4, 0.5) is 0 Å². The van der Waals surface area contributed by atoms with Crippen LogP contribution in [0.2, 0.25) is 0 Å². The predicted octanol–water partition coefficient (Wildman–Crippen LogP) is 8.95. The predicted molar refractivity (Wildman–Crippen MR) is 146 cm³/mol. The average Bonchev–Trinajstić information content (AvgIpc) is 3.44. The van der Waals surface area contributed by atoms with Gasteiger partial charge in [-0.25, -0.2) is 0 Å². The van der Waals surface area contributed by atoms with Crippen molar-refractivity contribution in [2.24, 2.45) is 0 Å². The molecule has 3 nitrogen and oxygen atoms in total. The van der Waals surface area contributed by atoms with Gasteiger partial charge in [0.2, 0.25) is 0 Å². The van der Waals surface area contributed by atoms with Crippen molar-refractivity contribution in [2.45, 2.75) is 27.7 Å². The molecular weight excluding hydrogens is 434 g/mol. The number of aromatic nitrogens is 1. The molecule has 4 aromatic carbocycles. The van der Waals surface area contributed by atoms with Gasteiger partial charge in [0.1, 0.15) is 12.1 Å². The van der Waals surface area contributed by atoms with Gasteiger partial charge < -0.3 is 4.57 Å². The van der Waals surface area contributed by atoms with E-state index in [1.54, 1.807) is 29.5 Å². The minimum Gasteiger partial charge on any atom is -0.307 e. The van der Waals surface area contributed by atoms with Crippen LogP contribution in [-0.4, -0.2) is 4.57 Å². The number of thiophene rings is 1. The lowest BCUT2D eigenvalue weighted by atomic mass is 10.1. The average molecular weight is 460 g/mol. The third-order valence-electron chi connectivity index (χ3n) is 5.67. The minimum atomic E-state index is 0.494. The molecule has 0 bridgehead atoms. The molecule has 4 heteroatoms. The highest BCUT2D eigenvalue weighted by Gasteiger charge is 2.19. The van der Waals surface area contributed by atoms with Gasteiger partial charge in [0.15, 0.2) is 0 Å². The fourth-order valence-corrected chi connectivity index (χ4v) is 5.51. The summed E-state index contributed by atoms with van der Waals surface area (Å²) in [5.41, 5.74) is 3.64. The van der Waals surface area contributed by atoms with E-state index in [0.717, 1.165) is 21.8 Å². The number of nitriles is 2. The Hall–Kier alpha value is -4.12. The van der Waals surface area contributed by atoms with Gasteiger partial charge in [-0.2, -0.15) is 10.5 Å². The van der Waals surface area contributed by atoms with Crippen molar-refractivity contribution in [2.75, 3.05) is 0 Å². The van der Waals surface area contributed by atoms with E-state index in [0.29, 0.717) is 16.8 Å². The van der Waals surface area contributed by atoms with Crippen LogP contribution in [0.15, 0.2) is 78.9 Å². The number of rotatable bonds is 1. The summed E-state index contributed by atoms with van der Waals surface area (Å²) in [5.74, 6) is 0. The van der Waals surface area contributed by atoms with Gasteiger partial charge in [-0.05, 0) is 36.4 Å². The fourth-order valence-electron chi connectivity index (χ4n) is 4.39. The first kappa shape index (κ1) is 23.1. The Balaban J connectivity index is 0.000000652. The zero-order valence-corrected chi connectivity index (χ0v) is 20.6. The van der Waals surface area contributed by atoms with Gasteiger partial charge in [-0.1, -0.05) is 70.2 Å². The smallest absolute Gasteiger partial charge is 0.101 e. The van der Waals surface area contributed by atoms with E-state index in [2.05, 4.69) is 65.2 Å². The summed E-state index contributed by atoms with van der Waals surface area (Å²) >= 11 is 1.77. The summed E-state index contributed by atoms with van der Waals surface area (Å²) < 4.78 is 4.53. The molecule has 2 aromatic heterocycles. The molecule has 0 saturated carbocycles. The Bertz CT molecular complexity index is 1690. The second kappa shape index (κ2) is 9.79. The van der Waals surface area contributed by atoms with E-state index >= 15 is 0 Å². The summed E-state index contributed by atoms with van der Waals surface area (Å²) in [5, 5.41) is 24.3. The Morgan fingerprint density at radius 2 is 1.21 bits per heavy atom. The third kappa shape index (κ3) is 3.50. The van der Waals surface area contributed by atoms with Gasteiger partial charge in [0, 0.05) is 30.9 Å². The Kier molecular flexibility index (Phi) is 6.64. The maximum absolute atomic E-state index is 9.78. The van der Waals surface area contributed by atoms with E-state index in [1.165, 1.54) is 20.2 Å². The number of nitrogens with zero attached hydrogens (tertiary/aromatic N) is 3. The van der Waals surface area contributed by atoms with E-state index < -0.39 is 0 Å². The van der Waals surface area contributed by atoms with Crippen molar-refractivity contribution < 1.29 is 0 Å². The number of fused-ring (bicyclic) bond motifs is 6. The standard InChI is InChI=1S/C26H13N3S.2C2H6/c27-14-16-6-5-7-17(15-28)26(16)29-22-10-3-1-8-18(22)20-12-21-19-9-2-4-11-24(19)30-25(21)13-23(20)29;2*1-2/h1-13H;2*1-2H3. The number of para-hydroxylation sites is 2. The number of hydrogen-bond donors (Lipinski definition) is 0. The lowest BCUT2D eigenvalue weighted by Gasteiger charge is -2.11. The number of hydrogen-bond acceptors (Lipinski definition) is 3. The molecule has 0 atom stereocenters. The highest BCUT2D eigenvalue weighted by molar-refractivity contribution is 7.25. The van der Waals surface area contributed by atoms with Crippen LogP contribution in [0.25, 0.3) is 47.7 Å². The largest absolute Gasteiger partial charge is 0.307 e. The first-order valence-corrected chi connectivity index (χ1v) is 12.4. The second-order valence-corrected chi connectivity index (χ2v) is 8.33. The lowest BCUT2D eigenvalue weighted by molar-refractivity contribution is 1.16. The molecule has 0 N–H and O–H groups in total. The molecule has 0 unspecified atom stereocenters. The summed E-state index contributed by atoms with van der Waals surface area (Å²) in [4.78, 5) is 0. The van der Waals surface area contributed by atoms with Crippen LogP contribution < -0.4 is 0 Å². The maximum Gasteiger partial charge on any atom is 0.101 e. The zero-order chi connectivity index (χ0) is 24.2. The Morgan fingerprint density at radius 1 is 0.588 bits per heavy atom. The van der Waals surface area contributed by atoms with E-state index in [1.807, 2.05) is 39.8 Å². The van der Waals surface area contributed by atoms with Gasteiger partial charge in [-0.15, -0.1) is 11.3 Å². The molecule has 6 aromatic rings. The Morgan fingerprint density at radius 3 is 1.88 bits per heavy atom. The van der Waals surface area contributed by atoms with Gasteiger partial charge in [-0.3, -0.25) is 0 Å². The normalized spacial score (nSPS) is 10.3. The van der Waals surface area contributed by atoms with Crippen molar-refractivity contribution >= 4 is 53.3 Å². The molecule has 0 aliphatic carbocycles. The minimum absolute atomic E-state index is 0.494. The van der Waals surface area contributed by atoms with E-state index in [-0.39, 0.29) is 0 Å². The van der Waals surface area contributed by atoms with E-state index in [4.69, 9.17) is 0 Å². The Labute approximate surface area is 203 Å². The van der Waals surface area contributed by atoms with Crippen molar-refractivity contribution in [3.05, 3.63) is 90.0 Å². The highest BCUT2D eigenvalue weighted by atomic mass is 32.1. The molecule has 0 spiro atoms. The van der Waals surface area contributed by atoms with Crippen LogP contribution in [0.3, 0.4) is 0 Å². The zero-order valence-electron chi connectivity index (χ0n) is 19.8. The summed E-state index contributed by atoms with van der Waals surface area (Å²) in [6, 6.07) is 31.0. The topological polar surface area (TPSA) is 52.5 Å². The molecule has 2 heterocycles. The van der Waals surface area contributed by atoms with Crippen LogP contribution in [-0.2, 0) is 0 Å². The fraction of sp³-hybridized carbons (Fsp3) is 0.133. The first-order chi connectivity index (χ1) is 16.8. The summed E-state index contributed by atoms with van der Waals surface area (Å²) in [7, 11) is 0. The molecule has 0 radical (unpaired) electrons. The molecule has 0 aliphatic heterocycles. The van der Waals surface area contributed by atoms with Crippen molar-refractivity contribution in [1.82, 2.24) is 4.57 Å². The molecule has 0 fully saturated rings. The molecule has 34 heavy (non-hydrogen) atoms. The lowest BCUT2D eigenvalue weighted by Crippen LogP contribution is -2.00. The second-order valence-electron chi connectivity index (χ2n) is 7.24. The van der Waals surface area contributed by atoms with Crippen LogP contribution in [0.1, 0.15) is 38.8 Å². The highest BCUT2D eigenvalue weighted by Crippen LogP contribution is 2.41. The van der Waals surface area contributed by atoms with Crippen LogP contribution in [0, 0.1) is 22.7 Å². The van der Waals surface area contributed by atoms with Crippen LogP contribution in [0.5, 0.6) is 0 Å².